The number of anilines is 1. The Labute approximate surface area is 115 Å². The molecule has 0 spiro atoms. The fraction of sp³-hybridized carbons (Fsp3) is 0.600. The normalized spacial score (nSPS) is 14.8. The summed E-state index contributed by atoms with van der Waals surface area (Å²) < 4.78 is 5.67. The summed E-state index contributed by atoms with van der Waals surface area (Å²) >= 11 is 6.00. The van der Waals surface area contributed by atoms with E-state index >= 15 is 0 Å². The first-order chi connectivity index (χ1) is 8.70. The van der Waals surface area contributed by atoms with E-state index < -0.39 is 0 Å². The summed E-state index contributed by atoms with van der Waals surface area (Å²) in [4.78, 5) is 2.23. The maximum atomic E-state index is 6.00. The monoisotopic (exact) mass is 267 g/mol. The highest BCUT2D eigenvalue weighted by atomic mass is 35.5. The Bertz CT molecular complexity index is 390. The third kappa shape index (κ3) is 3.89. The average molecular weight is 268 g/mol. The third-order valence-corrected chi connectivity index (χ3v) is 3.70. The van der Waals surface area contributed by atoms with Gasteiger partial charge in [0.1, 0.15) is 0 Å². The minimum Gasteiger partial charge on any atom is -0.379 e. The summed E-state index contributed by atoms with van der Waals surface area (Å²) in [6, 6.07) is 6.44. The van der Waals surface area contributed by atoms with Crippen molar-refractivity contribution in [1.82, 2.24) is 0 Å². The molecule has 1 aliphatic rings. The number of nitrogens with zero attached hydrogens (tertiary/aromatic N) is 1. The van der Waals surface area contributed by atoms with Crippen molar-refractivity contribution in [2.24, 2.45) is 5.92 Å². The van der Waals surface area contributed by atoms with E-state index in [0.29, 0.717) is 5.88 Å². The zero-order valence-corrected chi connectivity index (χ0v) is 12.0. The van der Waals surface area contributed by atoms with E-state index in [9.17, 15) is 0 Å². The molecule has 1 aromatic carbocycles. The zero-order valence-electron chi connectivity index (χ0n) is 11.3. The molecule has 0 radical (unpaired) electrons. The summed E-state index contributed by atoms with van der Waals surface area (Å²) in [6.45, 7) is 4.74. The summed E-state index contributed by atoms with van der Waals surface area (Å²) in [5, 5.41) is 0. The molecule has 0 aromatic heterocycles. The van der Waals surface area contributed by atoms with Gasteiger partial charge in [0, 0.05) is 31.8 Å². The molecule has 0 aliphatic heterocycles. The van der Waals surface area contributed by atoms with Crippen molar-refractivity contribution in [3.63, 3.8) is 0 Å². The number of rotatable bonds is 7. The van der Waals surface area contributed by atoms with Gasteiger partial charge >= 0.3 is 0 Å². The molecule has 1 aromatic rings. The first kappa shape index (κ1) is 13.7. The summed E-state index contributed by atoms with van der Waals surface area (Å²) in [5.74, 6) is 1.40. The van der Waals surface area contributed by atoms with Crippen LogP contribution in [0, 0.1) is 12.8 Å². The van der Waals surface area contributed by atoms with Crippen LogP contribution in [0.15, 0.2) is 18.2 Å². The Balaban J connectivity index is 1.84. The second-order valence-corrected chi connectivity index (χ2v) is 5.47. The second kappa shape index (κ2) is 6.44. The number of alkyl halides is 1. The molecule has 1 fully saturated rings. The highest BCUT2D eigenvalue weighted by Crippen LogP contribution is 2.28. The third-order valence-electron chi connectivity index (χ3n) is 3.41. The van der Waals surface area contributed by atoms with Crippen LogP contribution in [-0.2, 0) is 10.6 Å². The smallest absolute Gasteiger partial charge is 0.0641 e. The number of aryl methyl sites for hydroxylation is 1. The lowest BCUT2D eigenvalue weighted by molar-refractivity contribution is 0.131. The molecule has 18 heavy (non-hydrogen) atoms. The lowest BCUT2D eigenvalue weighted by Gasteiger charge is -2.22. The maximum absolute atomic E-state index is 6.00. The molecular formula is C15H22ClNO. The highest BCUT2D eigenvalue weighted by molar-refractivity contribution is 6.17. The van der Waals surface area contributed by atoms with Gasteiger partial charge in [-0.15, -0.1) is 11.6 Å². The molecule has 0 bridgehead atoms. The van der Waals surface area contributed by atoms with E-state index in [-0.39, 0.29) is 0 Å². The van der Waals surface area contributed by atoms with Gasteiger partial charge in [0.15, 0.2) is 0 Å². The molecule has 2 nitrogen and oxygen atoms in total. The second-order valence-electron chi connectivity index (χ2n) is 5.21. The molecular weight excluding hydrogens is 246 g/mol. The van der Waals surface area contributed by atoms with Crippen LogP contribution >= 0.6 is 11.6 Å². The molecule has 1 saturated carbocycles. The van der Waals surface area contributed by atoms with E-state index in [1.807, 2.05) is 0 Å². The highest BCUT2D eigenvalue weighted by Gasteiger charge is 2.21. The Kier molecular flexibility index (Phi) is 4.90. The fourth-order valence-electron chi connectivity index (χ4n) is 2.05. The number of hydrogen-bond donors (Lipinski definition) is 0. The Morgan fingerprint density at radius 1 is 1.39 bits per heavy atom. The van der Waals surface area contributed by atoms with Gasteiger partial charge < -0.3 is 9.64 Å². The van der Waals surface area contributed by atoms with Crippen molar-refractivity contribution in [1.29, 1.82) is 0 Å². The maximum Gasteiger partial charge on any atom is 0.0641 e. The van der Waals surface area contributed by atoms with Gasteiger partial charge in [0.2, 0.25) is 0 Å². The minimum absolute atomic E-state index is 0.560. The van der Waals surface area contributed by atoms with Crippen LogP contribution < -0.4 is 4.90 Å². The molecule has 0 saturated heterocycles. The minimum atomic E-state index is 0.560. The molecule has 0 amide bonds. The van der Waals surface area contributed by atoms with Crippen molar-refractivity contribution >= 4 is 17.3 Å². The fourth-order valence-corrected chi connectivity index (χ4v) is 2.26. The zero-order chi connectivity index (χ0) is 13.0. The van der Waals surface area contributed by atoms with Gasteiger partial charge in [0.05, 0.1) is 6.61 Å². The number of hydrogen-bond acceptors (Lipinski definition) is 2. The van der Waals surface area contributed by atoms with E-state index in [1.54, 1.807) is 0 Å². The first-order valence-electron chi connectivity index (χ1n) is 6.65. The largest absolute Gasteiger partial charge is 0.379 e. The molecule has 3 heteroatoms. The summed E-state index contributed by atoms with van der Waals surface area (Å²) in [6.07, 6.45) is 2.70. The molecule has 2 rings (SSSR count). The molecule has 1 aliphatic carbocycles. The predicted octanol–water partition coefficient (Wildman–Crippen LogP) is 3.60. The van der Waals surface area contributed by atoms with Gasteiger partial charge in [-0.1, -0.05) is 17.7 Å². The van der Waals surface area contributed by atoms with E-state index in [4.69, 9.17) is 16.3 Å². The lowest BCUT2D eigenvalue weighted by atomic mass is 10.1. The first-order valence-corrected chi connectivity index (χ1v) is 7.18. The molecule has 0 atom stereocenters. The Morgan fingerprint density at radius 3 is 2.83 bits per heavy atom. The molecule has 0 unspecified atom stereocenters. The summed E-state index contributed by atoms with van der Waals surface area (Å²) in [7, 11) is 2.10. The van der Waals surface area contributed by atoms with Gasteiger partial charge in [-0.25, -0.2) is 0 Å². The van der Waals surface area contributed by atoms with Gasteiger partial charge in [0.25, 0.3) is 0 Å². The van der Waals surface area contributed by atoms with E-state index in [1.165, 1.54) is 29.7 Å². The summed E-state index contributed by atoms with van der Waals surface area (Å²) in [5.41, 5.74) is 3.67. The van der Waals surface area contributed by atoms with Crippen LogP contribution in [0.2, 0.25) is 0 Å². The Morgan fingerprint density at radius 2 is 2.17 bits per heavy atom. The van der Waals surface area contributed by atoms with Crippen molar-refractivity contribution < 1.29 is 4.74 Å². The van der Waals surface area contributed by atoms with Crippen LogP contribution in [0.5, 0.6) is 0 Å². The molecule has 0 N–H and O–H groups in total. The topological polar surface area (TPSA) is 12.5 Å². The van der Waals surface area contributed by atoms with Crippen molar-refractivity contribution in [2.45, 2.75) is 25.6 Å². The van der Waals surface area contributed by atoms with Crippen molar-refractivity contribution in [3.05, 3.63) is 29.3 Å². The Hall–Kier alpha value is -0.730. The van der Waals surface area contributed by atoms with Gasteiger partial charge in [-0.05, 0) is 37.3 Å². The predicted molar refractivity (Wildman–Crippen MR) is 77.5 cm³/mol. The standard InChI is InChI=1S/C15H22ClNO/c1-12-3-6-15(14(9-12)10-16)17(2)7-8-18-11-13-4-5-13/h3,6,9,13H,4-5,7-8,10-11H2,1-2H3. The average Bonchev–Trinajstić information content (AvgIpc) is 3.18. The van der Waals surface area contributed by atoms with Crippen molar-refractivity contribution in [2.75, 3.05) is 31.7 Å². The van der Waals surface area contributed by atoms with Crippen LogP contribution in [0.4, 0.5) is 5.69 Å². The molecule has 0 heterocycles. The van der Waals surface area contributed by atoms with Crippen molar-refractivity contribution in [3.8, 4) is 0 Å². The number of benzene rings is 1. The van der Waals surface area contributed by atoms with Crippen LogP contribution in [0.3, 0.4) is 0 Å². The van der Waals surface area contributed by atoms with E-state index in [2.05, 4.69) is 37.1 Å². The van der Waals surface area contributed by atoms with Gasteiger partial charge in [-0.3, -0.25) is 0 Å². The quantitative estimate of drug-likeness (QED) is 0.553. The van der Waals surface area contributed by atoms with Gasteiger partial charge in [-0.2, -0.15) is 0 Å². The van der Waals surface area contributed by atoms with E-state index in [0.717, 1.165) is 25.7 Å². The van der Waals surface area contributed by atoms with Crippen LogP contribution in [0.25, 0.3) is 0 Å². The molecule has 100 valence electrons. The SMILES string of the molecule is Cc1ccc(N(C)CCOCC2CC2)c(CCl)c1. The number of ether oxygens (including phenoxy) is 1. The van der Waals surface area contributed by atoms with Crippen LogP contribution in [-0.4, -0.2) is 26.8 Å². The lowest BCUT2D eigenvalue weighted by Crippen LogP contribution is -2.24. The number of halogens is 1. The number of likely N-dealkylation sites (N-methyl/N-ethyl adjacent to an activating group) is 1. The van der Waals surface area contributed by atoms with Crippen LogP contribution in [0.1, 0.15) is 24.0 Å².